The van der Waals surface area contributed by atoms with E-state index in [0.29, 0.717) is 5.41 Å². The molecule has 1 heteroatoms. The molecule has 1 aliphatic rings. The van der Waals surface area contributed by atoms with E-state index in [2.05, 4.69) is 40.0 Å². The highest BCUT2D eigenvalue weighted by Crippen LogP contribution is 2.43. The van der Waals surface area contributed by atoms with Gasteiger partial charge in [0.2, 0.25) is 0 Å². The van der Waals surface area contributed by atoms with Gasteiger partial charge in [-0.25, -0.2) is 0 Å². The minimum Gasteiger partial charge on any atom is -0.102 e. The van der Waals surface area contributed by atoms with Gasteiger partial charge in [-0.2, -0.15) is 0 Å². The molecule has 0 spiro atoms. The molecule has 0 nitrogen and oxygen atoms in total. The predicted molar refractivity (Wildman–Crippen MR) is 62.7 cm³/mol. The van der Waals surface area contributed by atoms with Gasteiger partial charge in [-0.1, -0.05) is 38.8 Å². The molecule has 0 saturated carbocycles. The molecule has 0 unspecified atom stereocenters. The first-order valence-corrected chi connectivity index (χ1v) is 5.88. The van der Waals surface area contributed by atoms with Crippen molar-refractivity contribution in [3.8, 4) is 0 Å². The van der Waals surface area contributed by atoms with E-state index < -0.39 is 0 Å². The highest BCUT2D eigenvalue weighted by atomic mass is 32.2. The van der Waals surface area contributed by atoms with Gasteiger partial charge in [-0.05, 0) is 35.5 Å². The molecule has 0 bridgehead atoms. The van der Waals surface area contributed by atoms with Gasteiger partial charge < -0.3 is 0 Å². The van der Waals surface area contributed by atoms with Crippen molar-refractivity contribution in [2.24, 2.45) is 5.41 Å². The van der Waals surface area contributed by atoms with Crippen LogP contribution in [0.5, 0.6) is 0 Å². The Labute approximate surface area is 86.5 Å². The Morgan fingerprint density at radius 1 is 1.38 bits per heavy atom. The maximum Gasteiger partial charge on any atom is -0.00596 e. The van der Waals surface area contributed by atoms with Gasteiger partial charge in [-0.15, -0.1) is 11.8 Å². The average molecular weight is 196 g/mol. The SMILES string of the molecule is CCC1=C(C(C)(C)C)SC=C(C)C1. The zero-order valence-corrected chi connectivity index (χ0v) is 10.2. The van der Waals surface area contributed by atoms with Gasteiger partial charge in [0, 0.05) is 0 Å². The number of allylic oxidation sites excluding steroid dienone is 3. The summed E-state index contributed by atoms with van der Waals surface area (Å²) in [6, 6.07) is 0. The van der Waals surface area contributed by atoms with E-state index in [1.54, 1.807) is 10.5 Å². The van der Waals surface area contributed by atoms with Crippen LogP contribution in [0.15, 0.2) is 21.5 Å². The molecular weight excluding hydrogens is 176 g/mol. The van der Waals surface area contributed by atoms with E-state index in [-0.39, 0.29) is 0 Å². The molecule has 0 radical (unpaired) electrons. The summed E-state index contributed by atoms with van der Waals surface area (Å²) >= 11 is 1.93. The van der Waals surface area contributed by atoms with Crippen molar-refractivity contribution in [3.05, 3.63) is 21.5 Å². The van der Waals surface area contributed by atoms with Crippen molar-refractivity contribution in [1.29, 1.82) is 0 Å². The third-order valence-corrected chi connectivity index (χ3v) is 3.96. The summed E-state index contributed by atoms with van der Waals surface area (Å²) in [7, 11) is 0. The van der Waals surface area contributed by atoms with Crippen LogP contribution in [0, 0.1) is 5.41 Å². The van der Waals surface area contributed by atoms with Crippen LogP contribution in [0.1, 0.15) is 47.5 Å². The summed E-state index contributed by atoms with van der Waals surface area (Å²) in [4.78, 5) is 1.58. The molecule has 0 atom stereocenters. The first-order valence-electron chi connectivity index (χ1n) is 5.00. The quantitative estimate of drug-likeness (QED) is 0.584. The lowest BCUT2D eigenvalue weighted by Crippen LogP contribution is -2.11. The predicted octanol–water partition coefficient (Wildman–Crippen LogP) is 4.74. The van der Waals surface area contributed by atoms with Crippen molar-refractivity contribution < 1.29 is 0 Å². The van der Waals surface area contributed by atoms with Gasteiger partial charge >= 0.3 is 0 Å². The highest BCUT2D eigenvalue weighted by Gasteiger charge is 2.22. The summed E-state index contributed by atoms with van der Waals surface area (Å²) < 4.78 is 0. The Bertz CT molecular complexity index is 251. The molecule has 1 rings (SSSR count). The summed E-state index contributed by atoms with van der Waals surface area (Å²) in [5, 5.41) is 2.31. The van der Waals surface area contributed by atoms with Crippen molar-refractivity contribution in [1.82, 2.24) is 0 Å². The Balaban J connectivity index is 2.93. The van der Waals surface area contributed by atoms with Crippen LogP contribution in [0.2, 0.25) is 0 Å². The average Bonchev–Trinajstić information content (AvgIpc) is 2.01. The Hall–Kier alpha value is -0.170. The number of rotatable bonds is 1. The molecule has 74 valence electrons. The molecular formula is C12H20S. The number of hydrogen-bond donors (Lipinski definition) is 0. The second-order valence-corrected chi connectivity index (χ2v) is 5.67. The van der Waals surface area contributed by atoms with E-state index in [9.17, 15) is 0 Å². The fourth-order valence-corrected chi connectivity index (χ4v) is 2.83. The van der Waals surface area contributed by atoms with Crippen molar-refractivity contribution in [2.45, 2.75) is 47.5 Å². The van der Waals surface area contributed by atoms with Gasteiger partial charge in [0.05, 0.1) is 0 Å². The first kappa shape index (κ1) is 10.9. The lowest BCUT2D eigenvalue weighted by molar-refractivity contribution is 0.524. The fourth-order valence-electron chi connectivity index (χ4n) is 1.69. The number of hydrogen-bond acceptors (Lipinski definition) is 1. The first-order chi connectivity index (χ1) is 5.95. The molecule has 13 heavy (non-hydrogen) atoms. The second-order valence-electron chi connectivity index (χ2n) is 4.80. The van der Waals surface area contributed by atoms with Crippen molar-refractivity contribution in [3.63, 3.8) is 0 Å². The summed E-state index contributed by atoms with van der Waals surface area (Å²) in [6.45, 7) is 11.4. The maximum atomic E-state index is 2.31. The van der Waals surface area contributed by atoms with E-state index in [1.165, 1.54) is 18.4 Å². The zero-order chi connectivity index (χ0) is 10.1. The molecule has 0 aromatic heterocycles. The van der Waals surface area contributed by atoms with Gasteiger partial charge in [0.1, 0.15) is 0 Å². The van der Waals surface area contributed by atoms with Crippen LogP contribution in [0.25, 0.3) is 0 Å². The van der Waals surface area contributed by atoms with E-state index in [1.807, 2.05) is 11.8 Å². The van der Waals surface area contributed by atoms with Crippen molar-refractivity contribution in [2.75, 3.05) is 0 Å². The Morgan fingerprint density at radius 2 is 2.00 bits per heavy atom. The normalized spacial score (nSPS) is 19.0. The summed E-state index contributed by atoms with van der Waals surface area (Å²) in [5.74, 6) is 0. The zero-order valence-electron chi connectivity index (χ0n) is 9.40. The topological polar surface area (TPSA) is 0 Å². The lowest BCUT2D eigenvalue weighted by Gasteiger charge is -2.28. The molecule has 0 aromatic rings. The van der Waals surface area contributed by atoms with Crippen LogP contribution in [0.4, 0.5) is 0 Å². The molecule has 0 aromatic carbocycles. The molecule has 0 aliphatic carbocycles. The smallest absolute Gasteiger partial charge is 0.00596 e. The molecule has 0 fully saturated rings. The second kappa shape index (κ2) is 3.91. The van der Waals surface area contributed by atoms with Crippen LogP contribution in [-0.2, 0) is 0 Å². The van der Waals surface area contributed by atoms with Crippen LogP contribution >= 0.6 is 11.8 Å². The molecule has 0 amide bonds. The third kappa shape index (κ3) is 2.63. The minimum atomic E-state index is 0.327. The van der Waals surface area contributed by atoms with Gasteiger partial charge in [0.25, 0.3) is 0 Å². The van der Waals surface area contributed by atoms with Crippen molar-refractivity contribution >= 4 is 11.8 Å². The molecule has 0 saturated heterocycles. The van der Waals surface area contributed by atoms with E-state index in [4.69, 9.17) is 0 Å². The Kier molecular flexibility index (Phi) is 3.28. The molecule has 0 N–H and O–H groups in total. The highest BCUT2D eigenvalue weighted by molar-refractivity contribution is 8.05. The molecule has 1 heterocycles. The minimum absolute atomic E-state index is 0.327. The van der Waals surface area contributed by atoms with Crippen LogP contribution in [0.3, 0.4) is 0 Å². The largest absolute Gasteiger partial charge is 0.102 e. The third-order valence-electron chi connectivity index (χ3n) is 2.30. The Morgan fingerprint density at radius 3 is 2.46 bits per heavy atom. The molecule has 1 aliphatic heterocycles. The van der Waals surface area contributed by atoms with E-state index >= 15 is 0 Å². The van der Waals surface area contributed by atoms with Crippen LogP contribution in [-0.4, -0.2) is 0 Å². The summed E-state index contributed by atoms with van der Waals surface area (Å²) in [5.41, 5.74) is 3.47. The van der Waals surface area contributed by atoms with Gasteiger partial charge in [0.15, 0.2) is 0 Å². The summed E-state index contributed by atoms with van der Waals surface area (Å²) in [6.07, 6.45) is 2.39. The fraction of sp³-hybridized carbons (Fsp3) is 0.667. The monoisotopic (exact) mass is 196 g/mol. The lowest BCUT2D eigenvalue weighted by atomic mass is 9.90. The van der Waals surface area contributed by atoms with Crippen LogP contribution < -0.4 is 0 Å². The maximum absolute atomic E-state index is 2.31. The van der Waals surface area contributed by atoms with E-state index in [0.717, 1.165) is 0 Å². The van der Waals surface area contributed by atoms with Gasteiger partial charge in [-0.3, -0.25) is 0 Å². The number of thioether (sulfide) groups is 1. The standard InChI is InChI=1S/C12H20S/c1-6-10-7-9(2)8-13-11(10)12(3,4)5/h8H,6-7H2,1-5H3.